The third-order valence-electron chi connectivity index (χ3n) is 2.40. The summed E-state index contributed by atoms with van der Waals surface area (Å²) in [6.45, 7) is 3.45. The lowest BCUT2D eigenvalue weighted by molar-refractivity contribution is 0.317. The van der Waals surface area contributed by atoms with Crippen LogP contribution in [0, 0.1) is 0 Å². The molecule has 0 aliphatic carbocycles. The van der Waals surface area contributed by atoms with Gasteiger partial charge in [0.2, 0.25) is 0 Å². The Morgan fingerprint density at radius 2 is 2.00 bits per heavy atom. The van der Waals surface area contributed by atoms with Gasteiger partial charge in [-0.25, -0.2) is 0 Å². The second kappa shape index (κ2) is 6.47. The summed E-state index contributed by atoms with van der Waals surface area (Å²) in [5, 5.41) is 10.2. The molecule has 5 heteroatoms. The summed E-state index contributed by atoms with van der Waals surface area (Å²) in [7, 11) is 0. The van der Waals surface area contributed by atoms with E-state index in [2.05, 4.69) is 17.1 Å². The van der Waals surface area contributed by atoms with Gasteiger partial charge in [-0.05, 0) is 37.2 Å². The molecule has 2 N–H and O–H groups in total. The number of hydrogen-bond donors (Lipinski definition) is 1. The normalized spacial score (nSPS) is 10.6. The molecule has 0 saturated carbocycles. The third kappa shape index (κ3) is 3.27. The van der Waals surface area contributed by atoms with Gasteiger partial charge >= 0.3 is 0 Å². The van der Waals surface area contributed by atoms with Gasteiger partial charge in [0.15, 0.2) is 0 Å². The van der Waals surface area contributed by atoms with Gasteiger partial charge in [0, 0.05) is 12.0 Å². The summed E-state index contributed by atoms with van der Waals surface area (Å²) < 4.78 is 5.54. The summed E-state index contributed by atoms with van der Waals surface area (Å²) >= 11 is 1.59. The highest BCUT2D eigenvalue weighted by Crippen LogP contribution is 2.25. The first-order chi connectivity index (χ1) is 8.83. The van der Waals surface area contributed by atoms with Crippen molar-refractivity contribution in [3.05, 3.63) is 29.3 Å². The van der Waals surface area contributed by atoms with Crippen molar-refractivity contribution in [2.75, 3.05) is 13.2 Å². The van der Waals surface area contributed by atoms with E-state index in [1.54, 1.807) is 11.3 Å². The van der Waals surface area contributed by atoms with Crippen molar-refractivity contribution in [3.63, 3.8) is 0 Å². The molecule has 2 rings (SSSR count). The first kappa shape index (κ1) is 13.0. The molecule has 18 heavy (non-hydrogen) atoms. The molecule has 0 aliphatic heterocycles. The molecular weight excluding hydrogens is 246 g/mol. The maximum Gasteiger partial charge on any atom is 0.147 e. The summed E-state index contributed by atoms with van der Waals surface area (Å²) in [5.41, 5.74) is 6.57. The van der Waals surface area contributed by atoms with Crippen LogP contribution in [0.25, 0.3) is 10.6 Å². The molecule has 0 aliphatic rings. The second-order valence-corrected chi connectivity index (χ2v) is 4.97. The Morgan fingerprint density at radius 1 is 1.22 bits per heavy atom. The Morgan fingerprint density at radius 3 is 2.67 bits per heavy atom. The van der Waals surface area contributed by atoms with Crippen LogP contribution in [0.1, 0.15) is 18.4 Å². The fourth-order valence-corrected chi connectivity index (χ4v) is 2.37. The van der Waals surface area contributed by atoms with Gasteiger partial charge in [-0.1, -0.05) is 18.3 Å². The lowest BCUT2D eigenvalue weighted by Crippen LogP contribution is -2.01. The standard InChI is InChI=1S/C13H17N3OS/c1-2-9-17-11-5-3-10(4-6-11)13-16-15-12(18-13)7-8-14/h3-6H,2,7-9,14H2,1H3. The van der Waals surface area contributed by atoms with Gasteiger partial charge in [-0.3, -0.25) is 0 Å². The van der Waals surface area contributed by atoms with Crippen molar-refractivity contribution in [3.8, 4) is 16.3 Å². The van der Waals surface area contributed by atoms with E-state index in [-0.39, 0.29) is 0 Å². The maximum atomic E-state index is 5.54. The molecule has 96 valence electrons. The van der Waals surface area contributed by atoms with E-state index in [1.165, 1.54) is 0 Å². The number of benzene rings is 1. The average molecular weight is 263 g/mol. The van der Waals surface area contributed by atoms with E-state index in [9.17, 15) is 0 Å². The molecule has 0 amide bonds. The molecule has 1 aromatic carbocycles. The van der Waals surface area contributed by atoms with E-state index in [0.29, 0.717) is 6.54 Å². The fourth-order valence-electron chi connectivity index (χ4n) is 1.51. The minimum atomic E-state index is 0.610. The molecule has 2 aromatic rings. The second-order valence-electron chi connectivity index (χ2n) is 3.91. The van der Waals surface area contributed by atoms with Crippen molar-refractivity contribution in [2.45, 2.75) is 19.8 Å². The summed E-state index contributed by atoms with van der Waals surface area (Å²) in [6, 6.07) is 7.96. The van der Waals surface area contributed by atoms with E-state index in [4.69, 9.17) is 10.5 Å². The van der Waals surface area contributed by atoms with Crippen LogP contribution in [0.15, 0.2) is 24.3 Å². The smallest absolute Gasteiger partial charge is 0.147 e. The third-order valence-corrected chi connectivity index (χ3v) is 3.43. The lowest BCUT2D eigenvalue weighted by atomic mass is 10.2. The molecule has 0 radical (unpaired) electrons. The molecule has 0 fully saturated rings. The molecule has 0 spiro atoms. The number of nitrogens with zero attached hydrogens (tertiary/aromatic N) is 2. The van der Waals surface area contributed by atoms with Gasteiger partial charge in [-0.2, -0.15) is 0 Å². The SMILES string of the molecule is CCCOc1ccc(-c2nnc(CCN)s2)cc1. The molecular formula is C13H17N3OS. The predicted octanol–water partition coefficient (Wildman–Crippen LogP) is 2.50. The quantitative estimate of drug-likeness (QED) is 0.870. The molecule has 1 aromatic heterocycles. The minimum absolute atomic E-state index is 0.610. The first-order valence-corrected chi connectivity index (χ1v) is 6.91. The van der Waals surface area contributed by atoms with E-state index < -0.39 is 0 Å². The zero-order valence-corrected chi connectivity index (χ0v) is 11.2. The molecule has 4 nitrogen and oxygen atoms in total. The Hall–Kier alpha value is -1.46. The number of nitrogens with two attached hydrogens (primary N) is 1. The van der Waals surface area contributed by atoms with E-state index >= 15 is 0 Å². The van der Waals surface area contributed by atoms with Crippen LogP contribution in [0.5, 0.6) is 5.75 Å². The molecule has 0 atom stereocenters. The Kier molecular flexibility index (Phi) is 4.66. The van der Waals surface area contributed by atoms with E-state index in [0.717, 1.165) is 40.8 Å². The molecule has 0 saturated heterocycles. The minimum Gasteiger partial charge on any atom is -0.494 e. The fraction of sp³-hybridized carbons (Fsp3) is 0.385. The predicted molar refractivity (Wildman–Crippen MR) is 73.9 cm³/mol. The van der Waals surface area contributed by atoms with Gasteiger partial charge < -0.3 is 10.5 Å². The van der Waals surface area contributed by atoms with Crippen molar-refractivity contribution in [1.82, 2.24) is 10.2 Å². The number of aromatic nitrogens is 2. The topological polar surface area (TPSA) is 61.0 Å². The number of ether oxygens (including phenoxy) is 1. The highest BCUT2D eigenvalue weighted by Gasteiger charge is 2.06. The monoisotopic (exact) mass is 263 g/mol. The first-order valence-electron chi connectivity index (χ1n) is 6.09. The van der Waals surface area contributed by atoms with Crippen LogP contribution in [0.4, 0.5) is 0 Å². The molecule has 0 unspecified atom stereocenters. The number of hydrogen-bond acceptors (Lipinski definition) is 5. The van der Waals surface area contributed by atoms with Gasteiger partial charge in [0.05, 0.1) is 6.61 Å². The van der Waals surface area contributed by atoms with E-state index in [1.807, 2.05) is 24.3 Å². The molecule has 0 bridgehead atoms. The highest BCUT2D eigenvalue weighted by molar-refractivity contribution is 7.14. The summed E-state index contributed by atoms with van der Waals surface area (Å²) in [6.07, 6.45) is 1.80. The van der Waals surface area contributed by atoms with Crippen molar-refractivity contribution in [1.29, 1.82) is 0 Å². The highest BCUT2D eigenvalue weighted by atomic mass is 32.1. The van der Waals surface area contributed by atoms with Crippen molar-refractivity contribution in [2.24, 2.45) is 5.73 Å². The number of rotatable bonds is 6. The Bertz CT molecular complexity index is 481. The molecule has 1 heterocycles. The van der Waals surface area contributed by atoms with Crippen LogP contribution in [-0.4, -0.2) is 23.3 Å². The zero-order chi connectivity index (χ0) is 12.8. The summed E-state index contributed by atoms with van der Waals surface area (Å²) in [4.78, 5) is 0. The zero-order valence-electron chi connectivity index (χ0n) is 10.4. The van der Waals surface area contributed by atoms with Gasteiger partial charge in [-0.15, -0.1) is 10.2 Å². The maximum absolute atomic E-state index is 5.54. The summed E-state index contributed by atoms with van der Waals surface area (Å²) in [5.74, 6) is 0.896. The van der Waals surface area contributed by atoms with Gasteiger partial charge in [0.25, 0.3) is 0 Å². The van der Waals surface area contributed by atoms with Crippen LogP contribution >= 0.6 is 11.3 Å². The van der Waals surface area contributed by atoms with Crippen LogP contribution in [-0.2, 0) is 6.42 Å². The van der Waals surface area contributed by atoms with Crippen LogP contribution in [0.2, 0.25) is 0 Å². The van der Waals surface area contributed by atoms with Crippen LogP contribution < -0.4 is 10.5 Å². The average Bonchev–Trinajstić information content (AvgIpc) is 2.86. The largest absolute Gasteiger partial charge is 0.494 e. The van der Waals surface area contributed by atoms with Crippen molar-refractivity contribution < 1.29 is 4.74 Å². The van der Waals surface area contributed by atoms with Gasteiger partial charge in [0.1, 0.15) is 15.8 Å². The Labute approximate surface area is 111 Å². The Balaban J connectivity index is 2.07. The van der Waals surface area contributed by atoms with Crippen LogP contribution in [0.3, 0.4) is 0 Å². The lowest BCUT2D eigenvalue weighted by Gasteiger charge is -2.04. The van der Waals surface area contributed by atoms with Crippen molar-refractivity contribution >= 4 is 11.3 Å².